The first-order valence-electron chi connectivity index (χ1n) is 11.1. The van der Waals surface area contributed by atoms with Crippen LogP contribution in [0.15, 0.2) is 0 Å². The van der Waals surface area contributed by atoms with Crippen LogP contribution in [0.3, 0.4) is 0 Å². The van der Waals surface area contributed by atoms with Gasteiger partial charge in [-0.2, -0.15) is 0 Å². The van der Waals surface area contributed by atoms with Gasteiger partial charge < -0.3 is 31.1 Å². The molecule has 0 amide bonds. The van der Waals surface area contributed by atoms with Crippen molar-refractivity contribution in [2.24, 2.45) is 5.92 Å². The Morgan fingerprint density at radius 3 is 1.73 bits per heavy atom. The van der Waals surface area contributed by atoms with Crippen LogP contribution in [0.25, 0.3) is 0 Å². The molecule has 0 aromatic carbocycles. The van der Waals surface area contributed by atoms with Gasteiger partial charge in [0.25, 0.3) is 0 Å². The molecule has 0 bridgehead atoms. The smallest absolute Gasteiger partial charge is 0.463 e. The molecule has 0 spiro atoms. The van der Waals surface area contributed by atoms with Crippen LogP contribution in [0, 0.1) is 12.8 Å². The van der Waals surface area contributed by atoms with E-state index in [0.717, 1.165) is 25.7 Å². The molecule has 0 saturated heterocycles. The van der Waals surface area contributed by atoms with Crippen molar-refractivity contribution in [3.05, 3.63) is 6.92 Å². The minimum atomic E-state index is -4.64. The molecule has 0 aromatic heterocycles. The maximum atomic E-state index is 12.1. The zero-order valence-corrected chi connectivity index (χ0v) is 22.4. The first-order chi connectivity index (χ1) is 13.8. The summed E-state index contributed by atoms with van der Waals surface area (Å²) in [6, 6.07) is 0. The van der Waals surface area contributed by atoms with E-state index in [1.165, 1.54) is 57.8 Å². The van der Waals surface area contributed by atoms with Crippen LogP contribution >= 0.6 is 7.82 Å². The maximum absolute atomic E-state index is 12.1. The number of hydrogen-bond acceptors (Lipinski definition) is 4. The molecule has 0 aliphatic carbocycles. The Balaban J connectivity index is -0.00000108. The van der Waals surface area contributed by atoms with E-state index >= 15 is 0 Å². The van der Waals surface area contributed by atoms with Gasteiger partial charge >= 0.3 is 43.3 Å². The molecule has 0 fully saturated rings. The van der Waals surface area contributed by atoms with Crippen molar-refractivity contribution in [3.63, 3.8) is 0 Å². The predicted octanol–water partition coefficient (Wildman–Crippen LogP) is 2.18. The summed E-state index contributed by atoms with van der Waals surface area (Å²) in [5.41, 5.74) is 0. The van der Waals surface area contributed by atoms with Crippen molar-refractivity contribution in [1.82, 2.24) is 0 Å². The molecule has 30 heavy (non-hydrogen) atoms. The standard InChI is InChI=1S/C21H41O3.Na.H3O4P/c1-4-7-8-9-10-11-12-13-14-15-17-20(16-5-2)21(22)24-19-18-23-6-3;;1-5(2,3)4/h20H,3-19H2,1-2H3;;(H3,1,2,3,4)/q-1;+1;. The Bertz CT molecular complexity index is 397. The van der Waals surface area contributed by atoms with Crippen molar-refractivity contribution in [2.75, 3.05) is 19.8 Å². The number of hydrogen-bond donors (Lipinski definition) is 3. The van der Waals surface area contributed by atoms with Gasteiger partial charge in [0.05, 0.1) is 12.5 Å². The fourth-order valence-corrected chi connectivity index (χ4v) is 3.03. The number of esters is 1. The van der Waals surface area contributed by atoms with Gasteiger partial charge in [-0.1, -0.05) is 91.1 Å². The maximum Gasteiger partial charge on any atom is 1.00 e. The monoisotopic (exact) mass is 462 g/mol. The van der Waals surface area contributed by atoms with E-state index in [1.807, 2.05) is 0 Å². The summed E-state index contributed by atoms with van der Waals surface area (Å²) in [6.45, 7) is 9.21. The van der Waals surface area contributed by atoms with E-state index < -0.39 is 7.82 Å². The van der Waals surface area contributed by atoms with Crippen molar-refractivity contribution in [2.45, 2.75) is 97.3 Å². The molecule has 9 heteroatoms. The second-order valence-corrected chi connectivity index (χ2v) is 8.28. The first kappa shape index (κ1) is 35.1. The number of unbranched alkanes of at least 4 members (excludes halogenated alkanes) is 9. The fourth-order valence-electron chi connectivity index (χ4n) is 3.03. The molecule has 0 radical (unpaired) electrons. The zero-order chi connectivity index (χ0) is 22.4. The fraction of sp³-hybridized carbons (Fsp3) is 0.905. The van der Waals surface area contributed by atoms with E-state index in [9.17, 15) is 4.79 Å². The average molecular weight is 463 g/mol. The van der Waals surface area contributed by atoms with Gasteiger partial charge in [-0.25, -0.2) is 4.57 Å². The number of rotatable bonds is 18. The van der Waals surface area contributed by atoms with Crippen molar-refractivity contribution in [1.29, 1.82) is 0 Å². The Kier molecular flexibility index (Phi) is 30.2. The molecule has 1 atom stereocenters. The van der Waals surface area contributed by atoms with E-state index in [0.29, 0.717) is 19.8 Å². The second kappa shape index (κ2) is 25.8. The minimum Gasteiger partial charge on any atom is -0.463 e. The molecule has 0 rings (SSSR count). The molecule has 0 saturated carbocycles. The Morgan fingerprint density at radius 2 is 1.30 bits per heavy atom. The molecule has 7 nitrogen and oxygen atoms in total. The molecule has 0 aliphatic rings. The zero-order valence-electron chi connectivity index (χ0n) is 19.5. The SMILES string of the molecule is O=P(O)(O)O.[CH2-]COCCOC(=O)C(CCC)CCCCCCCCCCCC.[Na+]. The summed E-state index contributed by atoms with van der Waals surface area (Å²) in [4.78, 5) is 33.7. The van der Waals surface area contributed by atoms with Crippen LogP contribution in [0.2, 0.25) is 0 Å². The van der Waals surface area contributed by atoms with E-state index in [-0.39, 0.29) is 41.4 Å². The van der Waals surface area contributed by atoms with Gasteiger partial charge in [-0.15, -0.1) is 0 Å². The van der Waals surface area contributed by atoms with Gasteiger partial charge in [-0.05, 0) is 12.8 Å². The third-order valence-corrected chi connectivity index (χ3v) is 4.49. The first-order valence-corrected chi connectivity index (χ1v) is 12.6. The molecule has 0 aromatic rings. The van der Waals surface area contributed by atoms with Crippen molar-refractivity contribution in [3.8, 4) is 0 Å². The van der Waals surface area contributed by atoms with E-state index in [4.69, 9.17) is 28.7 Å². The normalized spacial score (nSPS) is 11.8. The van der Waals surface area contributed by atoms with Crippen LogP contribution in [0.1, 0.15) is 97.3 Å². The van der Waals surface area contributed by atoms with Crippen molar-refractivity contribution < 1.29 is 63.1 Å². The largest absolute Gasteiger partial charge is 1.00 e. The third-order valence-electron chi connectivity index (χ3n) is 4.49. The summed E-state index contributed by atoms with van der Waals surface area (Å²) in [5, 5.41) is 0. The summed E-state index contributed by atoms with van der Waals surface area (Å²) < 4.78 is 19.3. The molecular formula is C21H44NaO7P. The summed E-state index contributed by atoms with van der Waals surface area (Å²) in [5.74, 6) is 0.0317. The molecule has 3 N–H and O–H groups in total. The van der Waals surface area contributed by atoms with E-state index in [2.05, 4.69) is 20.8 Å². The number of phosphoric acid groups is 1. The minimum absolute atomic E-state index is 0. The van der Waals surface area contributed by atoms with Crippen LogP contribution < -0.4 is 29.6 Å². The van der Waals surface area contributed by atoms with Gasteiger partial charge in [0.15, 0.2) is 0 Å². The van der Waals surface area contributed by atoms with E-state index in [1.54, 1.807) is 0 Å². The average Bonchev–Trinajstić information content (AvgIpc) is 2.64. The molecule has 1 unspecified atom stereocenters. The number of ether oxygens (including phenoxy) is 2. The van der Waals surface area contributed by atoms with Crippen molar-refractivity contribution >= 4 is 13.8 Å². The molecular weight excluding hydrogens is 418 g/mol. The molecule has 0 aliphatic heterocycles. The number of carbonyl (C=O) groups excluding carboxylic acids is 1. The number of carbonyl (C=O) groups is 1. The van der Waals surface area contributed by atoms with Gasteiger partial charge in [0.1, 0.15) is 6.61 Å². The summed E-state index contributed by atoms with van der Waals surface area (Å²) in [7, 11) is -4.64. The van der Waals surface area contributed by atoms with Gasteiger partial charge in [0, 0.05) is 0 Å². The Morgan fingerprint density at radius 1 is 0.833 bits per heavy atom. The Labute approximate surface area is 206 Å². The molecule has 176 valence electrons. The quantitative estimate of drug-likeness (QED) is 0.0941. The second-order valence-electron chi connectivity index (χ2n) is 7.25. The van der Waals surface area contributed by atoms with Crippen LogP contribution in [-0.4, -0.2) is 40.5 Å². The van der Waals surface area contributed by atoms with Crippen LogP contribution in [0.4, 0.5) is 0 Å². The third kappa shape index (κ3) is 33.2. The Hall–Kier alpha value is 0.540. The summed E-state index contributed by atoms with van der Waals surface area (Å²) >= 11 is 0. The summed E-state index contributed by atoms with van der Waals surface area (Å²) in [6.07, 6.45) is 16.2. The van der Waals surface area contributed by atoms with Gasteiger partial charge in [0.2, 0.25) is 0 Å². The van der Waals surface area contributed by atoms with Gasteiger partial charge in [-0.3, -0.25) is 4.79 Å². The van der Waals surface area contributed by atoms with Crippen LogP contribution in [0.5, 0.6) is 0 Å². The van der Waals surface area contributed by atoms with Crippen LogP contribution in [-0.2, 0) is 18.8 Å². The predicted molar refractivity (Wildman–Crippen MR) is 116 cm³/mol. The molecule has 0 heterocycles. The topological polar surface area (TPSA) is 113 Å².